The molecular weight excluding hydrogens is 468 g/mol. The summed E-state index contributed by atoms with van der Waals surface area (Å²) in [6.45, 7) is 5.60. The largest absolute Gasteiger partial charge is 0.507 e. The zero-order valence-electron chi connectivity index (χ0n) is 20.5. The minimum Gasteiger partial charge on any atom is -0.507 e. The SMILES string of the molecule is C=CCc1cccc([C@H]2C3=CC[C@@H]4C(=O)NC(=O)[C@@H]4[C@@H]3C[C@H]3C(=O)N(c4ccccc4)C(=O)[C@@]23C)c1O. The van der Waals surface area contributed by atoms with Gasteiger partial charge in [0.2, 0.25) is 23.6 Å². The number of nitrogens with zero attached hydrogens (tertiary/aromatic N) is 1. The lowest BCUT2D eigenvalue weighted by molar-refractivity contribution is -0.131. The number of allylic oxidation sites excluding steroid dienone is 3. The van der Waals surface area contributed by atoms with Crippen molar-refractivity contribution in [3.63, 3.8) is 0 Å². The van der Waals surface area contributed by atoms with Crippen LogP contribution < -0.4 is 10.2 Å². The molecule has 0 unspecified atom stereocenters. The normalized spacial score (nSPS) is 32.4. The molecule has 4 amide bonds. The van der Waals surface area contributed by atoms with Gasteiger partial charge in [0.25, 0.3) is 0 Å². The lowest BCUT2D eigenvalue weighted by Gasteiger charge is -2.49. The van der Waals surface area contributed by atoms with Crippen LogP contribution in [0, 0.1) is 29.1 Å². The third-order valence-corrected chi connectivity index (χ3v) is 8.96. The number of nitrogens with one attached hydrogen (secondary N) is 1. The summed E-state index contributed by atoms with van der Waals surface area (Å²) < 4.78 is 0. The van der Waals surface area contributed by atoms with Crippen molar-refractivity contribution in [2.75, 3.05) is 4.90 Å². The van der Waals surface area contributed by atoms with Gasteiger partial charge in [0, 0.05) is 11.5 Å². The van der Waals surface area contributed by atoms with E-state index >= 15 is 0 Å². The molecule has 2 N–H and O–H groups in total. The van der Waals surface area contributed by atoms with Crippen molar-refractivity contribution in [1.29, 1.82) is 0 Å². The highest BCUT2D eigenvalue weighted by atomic mass is 16.3. The minimum absolute atomic E-state index is 0.0707. The molecule has 37 heavy (non-hydrogen) atoms. The summed E-state index contributed by atoms with van der Waals surface area (Å²) in [6.07, 6.45) is 4.79. The zero-order chi connectivity index (χ0) is 26.1. The second kappa shape index (κ2) is 8.26. The molecule has 0 spiro atoms. The summed E-state index contributed by atoms with van der Waals surface area (Å²) in [5.74, 6) is -3.97. The van der Waals surface area contributed by atoms with Crippen LogP contribution in [0.3, 0.4) is 0 Å². The van der Waals surface area contributed by atoms with Crippen molar-refractivity contribution in [2.24, 2.45) is 29.1 Å². The molecule has 2 aliphatic heterocycles. The number of carbonyl (C=O) groups is 4. The van der Waals surface area contributed by atoms with Gasteiger partial charge in [0.1, 0.15) is 5.75 Å². The number of carbonyl (C=O) groups excluding carboxylic acids is 4. The number of fused-ring (bicyclic) bond motifs is 4. The Kier molecular flexibility index (Phi) is 5.23. The summed E-state index contributed by atoms with van der Waals surface area (Å²) in [4.78, 5) is 54.9. The average Bonchev–Trinajstić information content (AvgIpc) is 3.29. The number of para-hydroxylation sites is 2. The van der Waals surface area contributed by atoms with Crippen LogP contribution in [-0.4, -0.2) is 28.7 Å². The van der Waals surface area contributed by atoms with E-state index in [4.69, 9.17) is 0 Å². The Labute approximate surface area is 214 Å². The fourth-order valence-corrected chi connectivity index (χ4v) is 7.26. The molecule has 6 rings (SSSR count). The molecule has 3 fully saturated rings. The molecule has 2 heterocycles. The van der Waals surface area contributed by atoms with Crippen molar-refractivity contribution < 1.29 is 24.3 Å². The number of benzene rings is 2. The number of hydrogen-bond donors (Lipinski definition) is 2. The standard InChI is InChI=1S/C30H28N2O5/c1-3-8-16-9-7-12-20(25(16)33)24-18-13-14-19-23(27(35)31-26(19)34)21(18)15-22-28(36)32(29(37)30(22,24)2)17-10-5-4-6-11-17/h3-7,9-13,19,21-24,33H,1,8,14-15H2,2H3,(H,31,34,35)/t19-,21+,22-,23-,24+,30+/m0/s1. The number of amides is 4. The van der Waals surface area contributed by atoms with Gasteiger partial charge in [-0.05, 0) is 49.8 Å². The fourth-order valence-electron chi connectivity index (χ4n) is 7.26. The van der Waals surface area contributed by atoms with Gasteiger partial charge in [-0.1, -0.05) is 54.1 Å². The number of rotatable bonds is 4. The van der Waals surface area contributed by atoms with Gasteiger partial charge in [-0.3, -0.25) is 24.5 Å². The molecule has 7 nitrogen and oxygen atoms in total. The Morgan fingerprint density at radius 3 is 2.54 bits per heavy atom. The highest BCUT2D eigenvalue weighted by Gasteiger charge is 2.67. The van der Waals surface area contributed by atoms with E-state index in [2.05, 4.69) is 11.9 Å². The smallest absolute Gasteiger partial charge is 0.241 e. The van der Waals surface area contributed by atoms with E-state index in [9.17, 15) is 24.3 Å². The Bertz CT molecular complexity index is 1400. The van der Waals surface area contributed by atoms with Gasteiger partial charge in [-0.15, -0.1) is 6.58 Å². The van der Waals surface area contributed by atoms with Gasteiger partial charge in [-0.2, -0.15) is 0 Å². The van der Waals surface area contributed by atoms with Crippen LogP contribution in [0.4, 0.5) is 5.69 Å². The van der Waals surface area contributed by atoms with Crippen LogP contribution >= 0.6 is 0 Å². The van der Waals surface area contributed by atoms with Crippen LogP contribution in [0.5, 0.6) is 5.75 Å². The van der Waals surface area contributed by atoms with E-state index in [0.29, 0.717) is 36.1 Å². The molecule has 2 aliphatic carbocycles. The van der Waals surface area contributed by atoms with Crippen molar-refractivity contribution in [3.05, 3.63) is 84.0 Å². The number of hydrogen-bond acceptors (Lipinski definition) is 5. The van der Waals surface area contributed by atoms with Gasteiger partial charge in [0.05, 0.1) is 28.9 Å². The molecule has 6 atom stereocenters. The predicted molar refractivity (Wildman–Crippen MR) is 136 cm³/mol. The first-order valence-corrected chi connectivity index (χ1v) is 12.7. The van der Waals surface area contributed by atoms with Crippen molar-refractivity contribution in [3.8, 4) is 5.75 Å². The molecule has 2 aromatic rings. The predicted octanol–water partition coefficient (Wildman–Crippen LogP) is 3.64. The van der Waals surface area contributed by atoms with Gasteiger partial charge >= 0.3 is 0 Å². The van der Waals surface area contributed by atoms with Crippen LogP contribution in [0.25, 0.3) is 0 Å². The summed E-state index contributed by atoms with van der Waals surface area (Å²) in [5, 5.41) is 13.9. The molecule has 188 valence electrons. The molecule has 2 aromatic carbocycles. The number of aromatic hydroxyl groups is 1. The van der Waals surface area contributed by atoms with Crippen LogP contribution in [-0.2, 0) is 25.6 Å². The summed E-state index contributed by atoms with van der Waals surface area (Å²) >= 11 is 0. The number of imide groups is 2. The molecule has 0 radical (unpaired) electrons. The maximum Gasteiger partial charge on any atom is 0.241 e. The van der Waals surface area contributed by atoms with Gasteiger partial charge in [0.15, 0.2) is 0 Å². The fraction of sp³-hybridized carbons (Fsp3) is 0.333. The molecule has 7 heteroatoms. The minimum atomic E-state index is -1.18. The summed E-state index contributed by atoms with van der Waals surface area (Å²) in [5.41, 5.74) is 1.41. The van der Waals surface area contributed by atoms with Crippen molar-refractivity contribution >= 4 is 29.3 Å². The lowest BCUT2D eigenvalue weighted by Crippen LogP contribution is -2.48. The molecule has 1 saturated carbocycles. The average molecular weight is 497 g/mol. The first kappa shape index (κ1) is 23.4. The monoisotopic (exact) mass is 496 g/mol. The number of phenolic OH excluding ortho intramolecular Hbond substituents is 1. The Balaban J connectivity index is 1.57. The first-order valence-electron chi connectivity index (χ1n) is 12.7. The van der Waals surface area contributed by atoms with E-state index in [-0.39, 0.29) is 35.3 Å². The van der Waals surface area contributed by atoms with E-state index in [1.165, 1.54) is 4.90 Å². The highest BCUT2D eigenvalue weighted by molar-refractivity contribution is 6.24. The molecular formula is C30H28N2O5. The van der Waals surface area contributed by atoms with Crippen molar-refractivity contribution in [1.82, 2.24) is 5.32 Å². The third-order valence-electron chi connectivity index (χ3n) is 8.96. The number of anilines is 1. The second-order valence-electron chi connectivity index (χ2n) is 10.7. The van der Waals surface area contributed by atoms with E-state index in [1.807, 2.05) is 31.2 Å². The maximum atomic E-state index is 14.2. The summed E-state index contributed by atoms with van der Waals surface area (Å²) in [7, 11) is 0. The Morgan fingerprint density at radius 2 is 1.81 bits per heavy atom. The van der Waals surface area contributed by atoms with E-state index < -0.39 is 29.1 Å². The Hall–Kier alpha value is -4.00. The van der Waals surface area contributed by atoms with Gasteiger partial charge in [-0.25, -0.2) is 4.90 Å². The second-order valence-corrected chi connectivity index (χ2v) is 10.7. The molecule has 0 aromatic heterocycles. The van der Waals surface area contributed by atoms with Crippen LogP contribution in [0.1, 0.15) is 36.8 Å². The topological polar surface area (TPSA) is 104 Å². The quantitative estimate of drug-likeness (QED) is 0.497. The zero-order valence-corrected chi connectivity index (χ0v) is 20.5. The third kappa shape index (κ3) is 3.12. The van der Waals surface area contributed by atoms with E-state index in [0.717, 1.165) is 5.57 Å². The molecule has 4 aliphatic rings. The molecule has 0 bridgehead atoms. The maximum absolute atomic E-state index is 14.2. The summed E-state index contributed by atoms with van der Waals surface area (Å²) in [6, 6.07) is 14.3. The molecule has 2 saturated heterocycles. The van der Waals surface area contributed by atoms with Gasteiger partial charge < -0.3 is 5.11 Å². The highest BCUT2D eigenvalue weighted by Crippen LogP contribution is 2.64. The Morgan fingerprint density at radius 1 is 1.05 bits per heavy atom. The van der Waals surface area contributed by atoms with Crippen molar-refractivity contribution in [2.45, 2.75) is 32.1 Å². The van der Waals surface area contributed by atoms with Crippen LogP contribution in [0.2, 0.25) is 0 Å². The lowest BCUT2D eigenvalue weighted by atomic mass is 9.51. The number of phenols is 1. The van der Waals surface area contributed by atoms with E-state index in [1.54, 1.807) is 36.4 Å². The van der Waals surface area contributed by atoms with Crippen LogP contribution in [0.15, 0.2) is 72.8 Å². The first-order chi connectivity index (χ1) is 17.8.